The lowest BCUT2D eigenvalue weighted by molar-refractivity contribution is -0.111. The summed E-state index contributed by atoms with van der Waals surface area (Å²) in [6.07, 6.45) is 1.85. The van der Waals surface area contributed by atoms with Crippen LogP contribution in [0.5, 0.6) is 0 Å². The maximum Gasteiger partial charge on any atom is 0.226 e. The first-order valence-electron chi connectivity index (χ1n) is 2.97. The van der Waals surface area contributed by atoms with Crippen LogP contribution in [-0.2, 0) is 11.2 Å². The first kappa shape index (κ1) is 8.68. The topological polar surface area (TPSA) is 30.0 Å². The molecule has 1 aromatic rings. The van der Waals surface area contributed by atoms with Crippen LogP contribution in [0.25, 0.3) is 0 Å². The Hall–Kier alpha value is -0.410. The molecule has 58 valence electrons. The zero-order valence-corrected chi connectivity index (χ0v) is 7.89. The molecule has 0 radical (unpaired) electrons. The monoisotopic (exact) mass is 233 g/mol. The van der Waals surface area contributed by atoms with E-state index in [9.17, 15) is 4.79 Å². The summed E-state index contributed by atoms with van der Waals surface area (Å²) >= 11 is 8.36. The lowest BCUT2D eigenvalue weighted by atomic mass is 10.2. The number of hydrogen-bond donors (Lipinski definition) is 0. The Bertz CT molecular complexity index is 260. The Morgan fingerprint density at radius 1 is 1.64 bits per heavy atom. The summed E-state index contributed by atoms with van der Waals surface area (Å²) in [5.74, 6) is 0. The maximum absolute atomic E-state index is 10.4. The predicted molar refractivity (Wildman–Crippen MR) is 46.5 cm³/mol. The maximum atomic E-state index is 10.4. The molecule has 0 saturated heterocycles. The van der Waals surface area contributed by atoms with Gasteiger partial charge in [-0.05, 0) is 39.2 Å². The third kappa shape index (κ3) is 2.99. The van der Waals surface area contributed by atoms with Crippen molar-refractivity contribution in [2.75, 3.05) is 0 Å². The molecule has 0 atom stereocenters. The summed E-state index contributed by atoms with van der Waals surface area (Å²) in [4.78, 5) is 14.4. The summed E-state index contributed by atoms with van der Waals surface area (Å²) in [5.41, 5.74) is 0.827. The van der Waals surface area contributed by atoms with Crippen LogP contribution >= 0.6 is 27.5 Å². The molecule has 0 aliphatic rings. The second-order valence-electron chi connectivity index (χ2n) is 2.02. The van der Waals surface area contributed by atoms with Gasteiger partial charge in [-0.1, -0.05) is 6.07 Å². The van der Waals surface area contributed by atoms with E-state index < -0.39 is 0 Å². The first-order chi connectivity index (χ1) is 5.18. The van der Waals surface area contributed by atoms with Crippen molar-refractivity contribution in [1.29, 1.82) is 0 Å². The van der Waals surface area contributed by atoms with Crippen LogP contribution < -0.4 is 0 Å². The van der Waals surface area contributed by atoms with Gasteiger partial charge < -0.3 is 0 Å². The molecule has 1 aromatic heterocycles. The van der Waals surface area contributed by atoms with Crippen molar-refractivity contribution in [2.24, 2.45) is 0 Å². The average Bonchev–Trinajstić information content (AvgIpc) is 1.93. The minimum absolute atomic E-state index is 0.238. The van der Waals surface area contributed by atoms with Crippen LogP contribution in [0.15, 0.2) is 22.9 Å². The fraction of sp³-hybridized carbons (Fsp3) is 0.143. The van der Waals surface area contributed by atoms with E-state index in [1.54, 1.807) is 18.3 Å². The molecule has 1 rings (SSSR count). The third-order valence-electron chi connectivity index (χ3n) is 1.13. The fourth-order valence-electron chi connectivity index (χ4n) is 0.671. The van der Waals surface area contributed by atoms with Gasteiger partial charge >= 0.3 is 0 Å². The van der Waals surface area contributed by atoms with Crippen molar-refractivity contribution in [3.8, 4) is 0 Å². The molecule has 0 fully saturated rings. The highest BCUT2D eigenvalue weighted by atomic mass is 79.9. The Balaban J connectivity index is 2.74. The van der Waals surface area contributed by atoms with Gasteiger partial charge in [0.1, 0.15) is 4.60 Å². The molecule has 1 heterocycles. The van der Waals surface area contributed by atoms with Gasteiger partial charge in [-0.3, -0.25) is 4.79 Å². The molecule has 0 aliphatic carbocycles. The Labute approximate surface area is 77.7 Å². The first-order valence-corrected chi connectivity index (χ1v) is 4.14. The van der Waals surface area contributed by atoms with Gasteiger partial charge in [0, 0.05) is 12.6 Å². The van der Waals surface area contributed by atoms with Gasteiger partial charge in [-0.2, -0.15) is 0 Å². The summed E-state index contributed by atoms with van der Waals surface area (Å²) in [6.45, 7) is 0. The van der Waals surface area contributed by atoms with Gasteiger partial charge in [0.2, 0.25) is 5.24 Å². The number of pyridine rings is 1. The van der Waals surface area contributed by atoms with E-state index in [2.05, 4.69) is 20.9 Å². The SMILES string of the molecule is O=C(Cl)Cc1ccc(Br)nc1. The highest BCUT2D eigenvalue weighted by molar-refractivity contribution is 9.10. The lowest BCUT2D eigenvalue weighted by Gasteiger charge is -1.94. The van der Waals surface area contributed by atoms with Crippen LogP contribution in [-0.4, -0.2) is 10.2 Å². The molecule has 11 heavy (non-hydrogen) atoms. The molecular weight excluding hydrogens is 229 g/mol. The van der Waals surface area contributed by atoms with E-state index in [1.165, 1.54) is 0 Å². The summed E-state index contributed by atoms with van der Waals surface area (Å²) in [5, 5.41) is -0.367. The number of carbonyl (C=O) groups excluding carboxylic acids is 1. The van der Waals surface area contributed by atoms with Gasteiger partial charge in [-0.25, -0.2) is 4.98 Å². The van der Waals surface area contributed by atoms with Crippen molar-refractivity contribution in [2.45, 2.75) is 6.42 Å². The molecule has 0 unspecified atom stereocenters. The van der Waals surface area contributed by atoms with E-state index >= 15 is 0 Å². The van der Waals surface area contributed by atoms with E-state index in [1.807, 2.05) is 0 Å². The van der Waals surface area contributed by atoms with E-state index in [0.29, 0.717) is 0 Å². The predicted octanol–water partition coefficient (Wildman–Crippen LogP) is 2.15. The van der Waals surface area contributed by atoms with Crippen LogP contribution in [0, 0.1) is 0 Å². The molecule has 0 N–H and O–H groups in total. The highest BCUT2D eigenvalue weighted by Gasteiger charge is 1.98. The van der Waals surface area contributed by atoms with Crippen LogP contribution in [0.2, 0.25) is 0 Å². The number of carbonyl (C=O) groups is 1. The van der Waals surface area contributed by atoms with Crippen molar-refractivity contribution in [3.63, 3.8) is 0 Å². The molecule has 0 amide bonds. The van der Waals surface area contributed by atoms with Gasteiger partial charge in [0.15, 0.2) is 0 Å². The van der Waals surface area contributed by atoms with E-state index in [4.69, 9.17) is 11.6 Å². The third-order valence-corrected chi connectivity index (χ3v) is 1.73. The fourth-order valence-corrected chi connectivity index (χ4v) is 1.06. The van der Waals surface area contributed by atoms with E-state index in [0.717, 1.165) is 10.2 Å². The Morgan fingerprint density at radius 2 is 2.36 bits per heavy atom. The zero-order chi connectivity index (χ0) is 8.27. The number of aromatic nitrogens is 1. The standard InChI is InChI=1S/C7H5BrClNO/c8-6-2-1-5(4-10-6)3-7(9)11/h1-2,4H,3H2. The number of hydrogen-bond acceptors (Lipinski definition) is 2. The minimum Gasteiger partial charge on any atom is -0.281 e. The smallest absolute Gasteiger partial charge is 0.226 e. The van der Waals surface area contributed by atoms with Crippen LogP contribution in [0.1, 0.15) is 5.56 Å². The van der Waals surface area contributed by atoms with E-state index in [-0.39, 0.29) is 11.7 Å². The zero-order valence-electron chi connectivity index (χ0n) is 5.55. The molecule has 4 heteroatoms. The molecule has 0 saturated carbocycles. The quantitative estimate of drug-likeness (QED) is 0.580. The molecule has 0 aromatic carbocycles. The second-order valence-corrected chi connectivity index (χ2v) is 3.26. The van der Waals surface area contributed by atoms with Gasteiger partial charge in [0.25, 0.3) is 0 Å². The second kappa shape index (κ2) is 3.83. The van der Waals surface area contributed by atoms with Crippen LogP contribution in [0.3, 0.4) is 0 Å². The largest absolute Gasteiger partial charge is 0.281 e. The lowest BCUT2D eigenvalue weighted by Crippen LogP contribution is -1.93. The normalized spacial score (nSPS) is 9.64. The molecule has 0 bridgehead atoms. The summed E-state index contributed by atoms with van der Waals surface area (Å²) in [6, 6.07) is 3.58. The van der Waals surface area contributed by atoms with Crippen molar-refractivity contribution < 1.29 is 4.79 Å². The molecule has 0 aliphatic heterocycles. The number of nitrogens with zero attached hydrogens (tertiary/aromatic N) is 1. The molecule has 2 nitrogen and oxygen atoms in total. The number of rotatable bonds is 2. The van der Waals surface area contributed by atoms with Gasteiger partial charge in [-0.15, -0.1) is 0 Å². The molecular formula is C7H5BrClNO. The van der Waals surface area contributed by atoms with Crippen molar-refractivity contribution >= 4 is 32.8 Å². The van der Waals surface area contributed by atoms with Gasteiger partial charge in [0.05, 0.1) is 0 Å². The molecule has 0 spiro atoms. The summed E-state index contributed by atoms with van der Waals surface area (Å²) in [7, 11) is 0. The minimum atomic E-state index is -0.367. The highest BCUT2D eigenvalue weighted by Crippen LogP contribution is 2.07. The number of halogens is 2. The Kier molecular flexibility index (Phi) is 3.02. The van der Waals surface area contributed by atoms with Crippen molar-refractivity contribution in [1.82, 2.24) is 4.98 Å². The summed E-state index contributed by atoms with van der Waals surface area (Å²) < 4.78 is 0.753. The Morgan fingerprint density at radius 3 is 2.82 bits per heavy atom. The van der Waals surface area contributed by atoms with Crippen LogP contribution in [0.4, 0.5) is 0 Å². The average molecular weight is 234 g/mol. The van der Waals surface area contributed by atoms with Crippen molar-refractivity contribution in [3.05, 3.63) is 28.5 Å².